The number of ether oxygens (including phenoxy) is 1. The topological polar surface area (TPSA) is 81.2 Å². The van der Waals surface area contributed by atoms with Gasteiger partial charge in [-0.2, -0.15) is 0 Å². The molecule has 2 heterocycles. The molecule has 0 aliphatic heterocycles. The number of nitrogens with zero attached hydrogens (tertiary/aromatic N) is 2. The van der Waals surface area contributed by atoms with Crippen molar-refractivity contribution in [3.8, 4) is 5.75 Å². The molecule has 8 heteroatoms. The van der Waals surface area contributed by atoms with Gasteiger partial charge in [0.2, 0.25) is 0 Å². The van der Waals surface area contributed by atoms with Gasteiger partial charge in [0.1, 0.15) is 4.90 Å². The van der Waals surface area contributed by atoms with Crippen molar-refractivity contribution in [1.82, 2.24) is 9.97 Å². The summed E-state index contributed by atoms with van der Waals surface area (Å²) in [5.41, 5.74) is 0. The number of aromatic nitrogens is 2. The highest BCUT2D eigenvalue weighted by Gasteiger charge is 2.17. The fraction of sp³-hybridized carbons (Fsp3) is 0.0909. The van der Waals surface area contributed by atoms with E-state index in [0.717, 1.165) is 0 Å². The summed E-state index contributed by atoms with van der Waals surface area (Å²) < 4.78 is 31.5. The zero-order valence-electron chi connectivity index (χ0n) is 9.87. The van der Waals surface area contributed by atoms with E-state index in [4.69, 9.17) is 16.3 Å². The van der Waals surface area contributed by atoms with Crippen LogP contribution in [0.25, 0.3) is 0 Å². The van der Waals surface area contributed by atoms with E-state index >= 15 is 0 Å². The molecule has 2 aromatic rings. The van der Waals surface area contributed by atoms with Crippen LogP contribution in [0.15, 0.2) is 41.7 Å². The molecule has 0 saturated heterocycles. The maximum Gasteiger partial charge on any atom is 0.264 e. The third-order valence-corrected chi connectivity index (χ3v) is 3.75. The van der Waals surface area contributed by atoms with Crippen LogP contribution in [-0.4, -0.2) is 25.5 Å². The molecule has 2 rings (SSSR count). The van der Waals surface area contributed by atoms with Gasteiger partial charge in [-0.1, -0.05) is 11.6 Å². The van der Waals surface area contributed by atoms with Crippen molar-refractivity contribution in [2.45, 2.75) is 4.90 Å². The van der Waals surface area contributed by atoms with Gasteiger partial charge in [0.05, 0.1) is 12.1 Å². The highest BCUT2D eigenvalue weighted by Crippen LogP contribution is 2.26. The molecule has 100 valence electrons. The van der Waals surface area contributed by atoms with Crippen molar-refractivity contribution < 1.29 is 13.2 Å². The average Bonchev–Trinajstić information content (AvgIpc) is 2.41. The van der Waals surface area contributed by atoms with E-state index in [2.05, 4.69) is 14.7 Å². The summed E-state index contributed by atoms with van der Waals surface area (Å²) in [5.74, 6) is 0.302. The van der Waals surface area contributed by atoms with E-state index in [-0.39, 0.29) is 16.5 Å². The van der Waals surface area contributed by atoms with Crippen LogP contribution in [0, 0.1) is 0 Å². The molecule has 0 atom stereocenters. The predicted molar refractivity (Wildman–Crippen MR) is 70.8 cm³/mol. The monoisotopic (exact) mass is 299 g/mol. The van der Waals surface area contributed by atoms with Crippen molar-refractivity contribution in [2.75, 3.05) is 11.8 Å². The van der Waals surface area contributed by atoms with Gasteiger partial charge < -0.3 is 4.74 Å². The van der Waals surface area contributed by atoms with Gasteiger partial charge in [0.15, 0.2) is 11.6 Å². The van der Waals surface area contributed by atoms with Gasteiger partial charge in [-0.05, 0) is 12.1 Å². The van der Waals surface area contributed by atoms with Crippen LogP contribution in [-0.2, 0) is 10.0 Å². The molecular weight excluding hydrogens is 290 g/mol. The highest BCUT2D eigenvalue weighted by atomic mass is 35.5. The Balaban J connectivity index is 2.36. The number of hydrogen-bond donors (Lipinski definition) is 1. The molecule has 0 radical (unpaired) electrons. The van der Waals surface area contributed by atoms with Crippen LogP contribution in [0.3, 0.4) is 0 Å². The smallest absolute Gasteiger partial charge is 0.264 e. The van der Waals surface area contributed by atoms with Crippen LogP contribution < -0.4 is 9.46 Å². The zero-order valence-corrected chi connectivity index (χ0v) is 11.4. The summed E-state index contributed by atoms with van der Waals surface area (Å²) in [6, 6.07) is 4.43. The largest absolute Gasteiger partial charge is 0.493 e. The highest BCUT2D eigenvalue weighted by molar-refractivity contribution is 7.92. The second kappa shape index (κ2) is 5.41. The first kappa shape index (κ1) is 13.6. The second-order valence-electron chi connectivity index (χ2n) is 3.50. The molecule has 0 aliphatic carbocycles. The Hall–Kier alpha value is -1.86. The number of hydrogen-bond acceptors (Lipinski definition) is 5. The number of sulfonamides is 1. The molecule has 19 heavy (non-hydrogen) atoms. The minimum absolute atomic E-state index is 0.0359. The molecule has 0 aromatic carbocycles. The Morgan fingerprint density at radius 1 is 1.37 bits per heavy atom. The van der Waals surface area contributed by atoms with Crippen LogP contribution in [0.2, 0.25) is 5.02 Å². The lowest BCUT2D eigenvalue weighted by Crippen LogP contribution is -2.14. The summed E-state index contributed by atoms with van der Waals surface area (Å²) in [5, 5.41) is 0.348. The Labute approximate surface area is 115 Å². The number of methoxy groups -OCH3 is 1. The van der Waals surface area contributed by atoms with E-state index in [1.807, 2.05) is 0 Å². The van der Waals surface area contributed by atoms with Gasteiger partial charge in [-0.25, -0.2) is 13.4 Å². The van der Waals surface area contributed by atoms with E-state index in [9.17, 15) is 8.42 Å². The van der Waals surface area contributed by atoms with Gasteiger partial charge in [-0.15, -0.1) is 0 Å². The summed E-state index contributed by atoms with van der Waals surface area (Å²) in [4.78, 5) is 7.69. The lowest BCUT2D eigenvalue weighted by Gasteiger charge is -2.10. The standard InChI is InChI=1S/C11H10ClN3O3S/c1-18-10-5-8(12)6-14-11(10)15-19(16,17)9-3-2-4-13-7-9/h2-7H,1H3,(H,14,15). The van der Waals surface area contributed by atoms with E-state index in [0.29, 0.717) is 5.02 Å². The minimum atomic E-state index is -3.76. The molecule has 0 fully saturated rings. The van der Waals surface area contributed by atoms with E-state index < -0.39 is 10.0 Å². The fourth-order valence-electron chi connectivity index (χ4n) is 1.35. The Kier molecular flexibility index (Phi) is 3.87. The van der Waals surface area contributed by atoms with Crippen LogP contribution in [0.1, 0.15) is 0 Å². The molecule has 0 aliphatic rings. The first-order valence-corrected chi connectivity index (χ1v) is 7.01. The fourth-order valence-corrected chi connectivity index (χ4v) is 2.48. The quantitative estimate of drug-likeness (QED) is 0.933. The van der Waals surface area contributed by atoms with Gasteiger partial charge >= 0.3 is 0 Å². The summed E-state index contributed by atoms with van der Waals surface area (Å²) in [6.45, 7) is 0. The summed E-state index contributed by atoms with van der Waals surface area (Å²) >= 11 is 5.75. The molecule has 6 nitrogen and oxygen atoms in total. The number of rotatable bonds is 4. The molecule has 0 saturated carbocycles. The van der Waals surface area contributed by atoms with Crippen LogP contribution in [0.5, 0.6) is 5.75 Å². The maximum atomic E-state index is 12.1. The summed E-state index contributed by atoms with van der Waals surface area (Å²) in [7, 11) is -2.36. The van der Waals surface area contributed by atoms with Crippen molar-refractivity contribution in [3.05, 3.63) is 41.8 Å². The lowest BCUT2D eigenvalue weighted by molar-refractivity contribution is 0.415. The van der Waals surface area contributed by atoms with E-state index in [1.165, 1.54) is 43.9 Å². The molecule has 0 bridgehead atoms. The number of halogens is 1. The molecule has 0 unspecified atom stereocenters. The predicted octanol–water partition coefficient (Wildman–Crippen LogP) is 1.94. The third-order valence-electron chi connectivity index (χ3n) is 2.22. The van der Waals surface area contributed by atoms with Crippen LogP contribution >= 0.6 is 11.6 Å². The third kappa shape index (κ3) is 3.12. The molecule has 1 N–H and O–H groups in total. The normalized spacial score (nSPS) is 11.1. The average molecular weight is 300 g/mol. The number of anilines is 1. The van der Waals surface area contributed by atoms with Crippen molar-refractivity contribution in [3.63, 3.8) is 0 Å². The van der Waals surface area contributed by atoms with Gasteiger partial charge in [-0.3, -0.25) is 9.71 Å². The molecule has 0 spiro atoms. The SMILES string of the molecule is COc1cc(Cl)cnc1NS(=O)(=O)c1cccnc1. The lowest BCUT2D eigenvalue weighted by atomic mass is 10.4. The summed E-state index contributed by atoms with van der Waals surface area (Å²) in [6.07, 6.45) is 4.05. The van der Waals surface area contributed by atoms with Crippen molar-refractivity contribution >= 4 is 27.4 Å². The van der Waals surface area contributed by atoms with Gasteiger partial charge in [0.25, 0.3) is 10.0 Å². The Morgan fingerprint density at radius 2 is 2.16 bits per heavy atom. The molecular formula is C11H10ClN3O3S. The van der Waals surface area contributed by atoms with E-state index in [1.54, 1.807) is 0 Å². The molecule has 2 aromatic heterocycles. The Bertz CT molecular complexity index is 677. The zero-order chi connectivity index (χ0) is 13.9. The molecule has 0 amide bonds. The minimum Gasteiger partial charge on any atom is -0.493 e. The maximum absolute atomic E-state index is 12.1. The van der Waals surface area contributed by atoms with Crippen LogP contribution in [0.4, 0.5) is 5.82 Å². The Morgan fingerprint density at radius 3 is 2.79 bits per heavy atom. The first-order chi connectivity index (χ1) is 9.03. The second-order valence-corrected chi connectivity index (χ2v) is 5.62. The number of pyridine rings is 2. The first-order valence-electron chi connectivity index (χ1n) is 5.15. The van der Waals surface area contributed by atoms with Crippen molar-refractivity contribution in [1.29, 1.82) is 0 Å². The number of nitrogens with one attached hydrogen (secondary N) is 1. The van der Waals surface area contributed by atoms with Gasteiger partial charge in [0, 0.05) is 24.7 Å². The van der Waals surface area contributed by atoms with Crippen molar-refractivity contribution in [2.24, 2.45) is 0 Å².